The highest BCUT2D eigenvalue weighted by Gasteiger charge is 2.26. The number of hydrogen-bond acceptors (Lipinski definition) is 5. The van der Waals surface area contributed by atoms with E-state index in [9.17, 15) is 9.59 Å². The molecule has 3 amide bonds. The van der Waals surface area contributed by atoms with E-state index in [0.29, 0.717) is 32.7 Å². The number of aromatic nitrogens is 2. The molecule has 104 valence electrons. The second kappa shape index (κ2) is 6.16. The van der Waals surface area contributed by atoms with E-state index in [0.717, 1.165) is 11.3 Å². The average molecular weight is 304 g/mol. The van der Waals surface area contributed by atoms with E-state index in [-0.39, 0.29) is 21.4 Å². The summed E-state index contributed by atoms with van der Waals surface area (Å²) in [6.07, 6.45) is 0. The molecule has 0 aliphatic carbocycles. The van der Waals surface area contributed by atoms with Gasteiger partial charge in [-0.15, -0.1) is 10.2 Å². The maximum atomic E-state index is 12.1. The largest absolute Gasteiger partial charge is 0.338 e. The summed E-state index contributed by atoms with van der Waals surface area (Å²) in [4.78, 5) is 27.0. The first-order chi connectivity index (χ1) is 9.11. The number of carbonyl (C=O) groups excluding carboxylic acids is 2. The van der Waals surface area contributed by atoms with E-state index >= 15 is 0 Å². The van der Waals surface area contributed by atoms with Crippen molar-refractivity contribution in [1.29, 1.82) is 0 Å². The minimum Gasteiger partial charge on any atom is -0.338 e. The SMILES string of the molecule is CCNC(=O)N1CCN(C(=O)c2nnc(Cl)s2)CC1. The molecule has 1 aromatic rings. The molecule has 0 saturated carbocycles. The third-order valence-electron chi connectivity index (χ3n) is 2.77. The van der Waals surface area contributed by atoms with E-state index in [1.165, 1.54) is 0 Å². The van der Waals surface area contributed by atoms with Crippen LogP contribution in [0.2, 0.25) is 4.47 Å². The molecular weight excluding hydrogens is 290 g/mol. The van der Waals surface area contributed by atoms with Crippen LogP contribution >= 0.6 is 22.9 Å². The van der Waals surface area contributed by atoms with Crippen LogP contribution in [0.4, 0.5) is 4.79 Å². The fraction of sp³-hybridized carbons (Fsp3) is 0.600. The number of nitrogens with zero attached hydrogens (tertiary/aromatic N) is 4. The lowest BCUT2D eigenvalue weighted by molar-refractivity contribution is 0.0664. The zero-order chi connectivity index (χ0) is 13.8. The number of amides is 3. The number of urea groups is 1. The third-order valence-corrected chi connectivity index (χ3v) is 3.77. The smallest absolute Gasteiger partial charge is 0.317 e. The Hall–Kier alpha value is -1.41. The van der Waals surface area contributed by atoms with Crippen molar-refractivity contribution in [3.05, 3.63) is 9.47 Å². The molecular formula is C10H14ClN5O2S. The van der Waals surface area contributed by atoms with Gasteiger partial charge in [0.2, 0.25) is 9.47 Å². The van der Waals surface area contributed by atoms with Crippen molar-refractivity contribution >= 4 is 34.9 Å². The Bertz CT molecular complexity index is 472. The quantitative estimate of drug-likeness (QED) is 0.871. The zero-order valence-electron chi connectivity index (χ0n) is 10.4. The molecule has 1 aliphatic rings. The minimum atomic E-state index is -0.181. The van der Waals surface area contributed by atoms with Gasteiger partial charge < -0.3 is 15.1 Å². The van der Waals surface area contributed by atoms with Crippen LogP contribution in [0.3, 0.4) is 0 Å². The monoisotopic (exact) mass is 303 g/mol. The lowest BCUT2D eigenvalue weighted by atomic mass is 10.3. The molecule has 0 unspecified atom stereocenters. The molecule has 0 spiro atoms. The molecule has 1 aromatic heterocycles. The summed E-state index contributed by atoms with van der Waals surface area (Å²) in [5.41, 5.74) is 0. The highest BCUT2D eigenvalue weighted by atomic mass is 35.5. The molecule has 9 heteroatoms. The van der Waals surface area contributed by atoms with E-state index in [1.807, 2.05) is 6.92 Å². The van der Waals surface area contributed by atoms with Gasteiger partial charge in [-0.1, -0.05) is 11.3 Å². The van der Waals surface area contributed by atoms with Crippen LogP contribution in [-0.2, 0) is 0 Å². The van der Waals surface area contributed by atoms with E-state index < -0.39 is 0 Å². The topological polar surface area (TPSA) is 78.4 Å². The van der Waals surface area contributed by atoms with Gasteiger partial charge in [0, 0.05) is 32.7 Å². The number of rotatable bonds is 2. The molecule has 1 saturated heterocycles. The molecule has 19 heavy (non-hydrogen) atoms. The van der Waals surface area contributed by atoms with Crippen LogP contribution in [-0.4, -0.2) is 64.7 Å². The van der Waals surface area contributed by atoms with Gasteiger partial charge in [0.1, 0.15) is 0 Å². The Labute approximate surface area is 119 Å². The van der Waals surface area contributed by atoms with Crippen LogP contribution in [0.1, 0.15) is 16.7 Å². The zero-order valence-corrected chi connectivity index (χ0v) is 12.0. The normalized spacial score (nSPS) is 15.5. The van der Waals surface area contributed by atoms with Gasteiger partial charge >= 0.3 is 6.03 Å². The fourth-order valence-corrected chi connectivity index (χ4v) is 2.60. The van der Waals surface area contributed by atoms with E-state index in [1.54, 1.807) is 9.80 Å². The van der Waals surface area contributed by atoms with Crippen molar-refractivity contribution in [1.82, 2.24) is 25.3 Å². The van der Waals surface area contributed by atoms with Crippen molar-refractivity contribution in [3.63, 3.8) is 0 Å². The van der Waals surface area contributed by atoms with Crippen molar-refractivity contribution in [2.45, 2.75) is 6.92 Å². The summed E-state index contributed by atoms with van der Waals surface area (Å²) in [6, 6.07) is -0.0893. The lowest BCUT2D eigenvalue weighted by Crippen LogP contribution is -2.53. The molecule has 2 rings (SSSR count). The summed E-state index contributed by atoms with van der Waals surface area (Å²) in [5, 5.41) is 10.4. The third kappa shape index (κ3) is 3.32. The molecule has 1 N–H and O–H groups in total. The number of nitrogens with one attached hydrogen (secondary N) is 1. The van der Waals surface area contributed by atoms with Crippen LogP contribution in [0.15, 0.2) is 0 Å². The predicted octanol–water partition coefficient (Wildman–Crippen LogP) is 0.679. The van der Waals surface area contributed by atoms with Crippen LogP contribution in [0.5, 0.6) is 0 Å². The predicted molar refractivity (Wildman–Crippen MR) is 71.5 cm³/mol. The Morgan fingerprint density at radius 3 is 2.42 bits per heavy atom. The standard InChI is InChI=1S/C10H14ClN5O2S/c1-2-12-10(18)16-5-3-15(4-6-16)8(17)7-13-14-9(11)19-7/h2-6H2,1H3,(H,12,18). The first-order valence-electron chi connectivity index (χ1n) is 5.93. The first-order valence-corrected chi connectivity index (χ1v) is 7.12. The fourth-order valence-electron chi connectivity index (χ4n) is 1.80. The Balaban J connectivity index is 1.89. The summed E-state index contributed by atoms with van der Waals surface area (Å²) >= 11 is 6.72. The molecule has 2 heterocycles. The molecule has 7 nitrogen and oxygen atoms in total. The van der Waals surface area contributed by atoms with E-state index in [4.69, 9.17) is 11.6 Å². The number of piperazine rings is 1. The van der Waals surface area contributed by atoms with Gasteiger partial charge in [-0.3, -0.25) is 4.79 Å². The molecule has 0 aromatic carbocycles. The van der Waals surface area contributed by atoms with Crippen molar-refractivity contribution in [3.8, 4) is 0 Å². The molecule has 0 bridgehead atoms. The molecule has 0 radical (unpaired) electrons. The number of halogens is 1. The maximum Gasteiger partial charge on any atom is 0.317 e. The average Bonchev–Trinajstić information content (AvgIpc) is 2.85. The highest BCUT2D eigenvalue weighted by Crippen LogP contribution is 2.17. The second-order valence-electron chi connectivity index (χ2n) is 3.97. The highest BCUT2D eigenvalue weighted by molar-refractivity contribution is 7.17. The summed E-state index contributed by atoms with van der Waals surface area (Å²) in [5.74, 6) is -0.181. The minimum absolute atomic E-state index is 0.0893. The lowest BCUT2D eigenvalue weighted by Gasteiger charge is -2.34. The summed E-state index contributed by atoms with van der Waals surface area (Å²) < 4.78 is 0.254. The molecule has 0 atom stereocenters. The number of hydrogen-bond donors (Lipinski definition) is 1. The van der Waals surface area contributed by atoms with Crippen LogP contribution in [0.25, 0.3) is 0 Å². The molecule has 1 fully saturated rings. The second-order valence-corrected chi connectivity index (χ2v) is 5.53. The van der Waals surface area contributed by atoms with Crippen molar-refractivity contribution < 1.29 is 9.59 Å². The first kappa shape index (κ1) is 14.0. The summed E-state index contributed by atoms with van der Waals surface area (Å²) in [7, 11) is 0. The number of carbonyl (C=O) groups is 2. The van der Waals surface area contributed by atoms with Gasteiger partial charge in [0.05, 0.1) is 0 Å². The summed E-state index contributed by atoms with van der Waals surface area (Å²) in [6.45, 7) is 4.49. The van der Waals surface area contributed by atoms with Gasteiger partial charge in [-0.05, 0) is 18.5 Å². The van der Waals surface area contributed by atoms with Crippen LogP contribution in [0, 0.1) is 0 Å². The van der Waals surface area contributed by atoms with Crippen LogP contribution < -0.4 is 5.32 Å². The van der Waals surface area contributed by atoms with Gasteiger partial charge in [0.25, 0.3) is 5.91 Å². The van der Waals surface area contributed by atoms with E-state index in [2.05, 4.69) is 15.5 Å². The van der Waals surface area contributed by atoms with Gasteiger partial charge in [0.15, 0.2) is 0 Å². The van der Waals surface area contributed by atoms with Crippen molar-refractivity contribution in [2.75, 3.05) is 32.7 Å². The van der Waals surface area contributed by atoms with Gasteiger partial charge in [-0.25, -0.2) is 4.79 Å². The van der Waals surface area contributed by atoms with Gasteiger partial charge in [-0.2, -0.15) is 0 Å². The Morgan fingerprint density at radius 1 is 1.26 bits per heavy atom. The molecule has 1 aliphatic heterocycles. The Morgan fingerprint density at radius 2 is 1.89 bits per heavy atom. The van der Waals surface area contributed by atoms with Crippen molar-refractivity contribution in [2.24, 2.45) is 0 Å². The maximum absolute atomic E-state index is 12.1. The Kier molecular flexibility index (Phi) is 4.54.